The largest absolute Gasteiger partial charge is 0.382 e. The van der Waals surface area contributed by atoms with Crippen LogP contribution in [-0.2, 0) is 0 Å². The number of nitrogens with zero attached hydrogens (tertiary/aromatic N) is 4. The number of halogens is 1. The maximum Gasteiger partial charge on any atom is 0.253 e. The zero-order chi connectivity index (χ0) is 24.5. The van der Waals surface area contributed by atoms with Crippen LogP contribution in [-0.4, -0.2) is 26.9 Å². The van der Waals surface area contributed by atoms with Gasteiger partial charge in [0.05, 0.1) is 27.8 Å². The minimum atomic E-state index is -0.465. The minimum absolute atomic E-state index is 0.0832. The highest BCUT2D eigenvalue weighted by molar-refractivity contribution is 6.35. The molecule has 8 nitrogen and oxygen atoms in total. The van der Waals surface area contributed by atoms with E-state index in [1.54, 1.807) is 6.07 Å². The Balaban J connectivity index is 1.69. The van der Waals surface area contributed by atoms with Crippen LogP contribution < -0.4 is 16.4 Å². The first kappa shape index (κ1) is 23.7. The predicted molar refractivity (Wildman–Crippen MR) is 133 cm³/mol. The van der Waals surface area contributed by atoms with Gasteiger partial charge in [0.1, 0.15) is 29.6 Å². The van der Waals surface area contributed by atoms with Gasteiger partial charge < -0.3 is 16.4 Å². The molecule has 9 heteroatoms. The molecule has 0 bridgehead atoms. The van der Waals surface area contributed by atoms with Crippen LogP contribution in [0.3, 0.4) is 0 Å². The smallest absolute Gasteiger partial charge is 0.253 e. The van der Waals surface area contributed by atoms with E-state index in [1.165, 1.54) is 6.33 Å². The first-order valence-electron chi connectivity index (χ1n) is 11.4. The summed E-state index contributed by atoms with van der Waals surface area (Å²) in [4.78, 5) is 26.3. The van der Waals surface area contributed by atoms with Gasteiger partial charge in [-0.25, -0.2) is 15.0 Å². The maximum absolute atomic E-state index is 13.4. The van der Waals surface area contributed by atoms with E-state index in [4.69, 9.17) is 22.3 Å². The lowest BCUT2D eigenvalue weighted by Crippen LogP contribution is -2.39. The molecule has 0 spiro atoms. The van der Waals surface area contributed by atoms with E-state index in [0.29, 0.717) is 27.2 Å². The molecule has 1 amide bonds. The Labute approximate surface area is 203 Å². The number of anilines is 2. The fraction of sp³-hybridized carbons (Fsp3) is 0.400. The van der Waals surface area contributed by atoms with Crippen LogP contribution in [0.2, 0.25) is 5.02 Å². The third kappa shape index (κ3) is 4.90. The van der Waals surface area contributed by atoms with Crippen molar-refractivity contribution in [2.45, 2.75) is 58.5 Å². The topological polar surface area (TPSA) is 130 Å². The lowest BCUT2D eigenvalue weighted by Gasteiger charge is -2.34. The van der Waals surface area contributed by atoms with Gasteiger partial charge in [0.15, 0.2) is 0 Å². The van der Waals surface area contributed by atoms with Crippen molar-refractivity contribution < 1.29 is 4.79 Å². The number of carbonyl (C=O) groups excluding carboxylic acids is 1. The van der Waals surface area contributed by atoms with Crippen molar-refractivity contribution in [3.8, 4) is 6.07 Å². The summed E-state index contributed by atoms with van der Waals surface area (Å²) < 4.78 is 0. The number of nitrogens with two attached hydrogens (primary N) is 1. The van der Waals surface area contributed by atoms with Gasteiger partial charge in [0.2, 0.25) is 0 Å². The molecule has 1 aliphatic carbocycles. The number of nitrogens with one attached hydrogen (secondary N) is 2. The highest BCUT2D eigenvalue weighted by atomic mass is 35.5. The normalized spacial score (nSPS) is 16.6. The average Bonchev–Trinajstić information content (AvgIpc) is 2.80. The van der Waals surface area contributed by atoms with Gasteiger partial charge in [0.25, 0.3) is 5.91 Å². The zero-order valence-corrected chi connectivity index (χ0v) is 20.3. The first-order chi connectivity index (χ1) is 16.2. The second kappa shape index (κ2) is 9.43. The molecule has 4 rings (SSSR count). The fourth-order valence-corrected chi connectivity index (χ4v) is 4.61. The van der Waals surface area contributed by atoms with Crippen LogP contribution in [0.1, 0.15) is 74.1 Å². The van der Waals surface area contributed by atoms with Crippen molar-refractivity contribution in [3.63, 3.8) is 0 Å². The van der Waals surface area contributed by atoms with Gasteiger partial charge in [-0.05, 0) is 50.2 Å². The number of rotatable bonds is 5. The number of hydrogen-bond donors (Lipinski definition) is 3. The summed E-state index contributed by atoms with van der Waals surface area (Å²) in [7, 11) is 0. The Hall–Kier alpha value is -3.44. The van der Waals surface area contributed by atoms with Crippen LogP contribution in [0.5, 0.6) is 0 Å². The van der Waals surface area contributed by atoms with E-state index in [2.05, 4.69) is 34.4 Å². The van der Waals surface area contributed by atoms with Gasteiger partial charge in [0, 0.05) is 11.4 Å². The Morgan fingerprint density at radius 3 is 2.74 bits per heavy atom. The third-order valence-electron chi connectivity index (χ3n) is 6.50. The lowest BCUT2D eigenvalue weighted by molar-refractivity contribution is 0.0907. The first-order valence-corrected chi connectivity index (χ1v) is 11.7. The van der Waals surface area contributed by atoms with E-state index in [9.17, 15) is 10.1 Å². The van der Waals surface area contributed by atoms with Gasteiger partial charge in [-0.15, -0.1) is 0 Å². The van der Waals surface area contributed by atoms with Crippen molar-refractivity contribution in [3.05, 3.63) is 52.4 Å². The number of benzene rings is 1. The number of aromatic nitrogens is 3. The number of fused-ring (bicyclic) bond motifs is 1. The zero-order valence-electron chi connectivity index (χ0n) is 19.5. The summed E-state index contributed by atoms with van der Waals surface area (Å²) in [5, 5.41) is 17.1. The molecule has 1 saturated carbocycles. The Bertz CT molecular complexity index is 1270. The number of hydrogen-bond acceptors (Lipinski definition) is 7. The molecule has 2 aromatic heterocycles. The summed E-state index contributed by atoms with van der Waals surface area (Å²) in [5.74, 6) is 0.190. The van der Waals surface area contributed by atoms with Crippen molar-refractivity contribution in [1.29, 1.82) is 5.26 Å². The van der Waals surface area contributed by atoms with Crippen LogP contribution in [0.15, 0.2) is 30.6 Å². The number of para-hydroxylation sites is 1. The van der Waals surface area contributed by atoms with Crippen LogP contribution >= 0.6 is 11.6 Å². The third-order valence-corrected chi connectivity index (χ3v) is 6.80. The van der Waals surface area contributed by atoms with Crippen LogP contribution in [0, 0.1) is 16.7 Å². The van der Waals surface area contributed by atoms with Gasteiger partial charge in [-0.3, -0.25) is 4.79 Å². The number of amides is 1. The molecule has 2 heterocycles. The molecule has 176 valence electrons. The molecule has 1 fully saturated rings. The number of carbonyl (C=O) groups is 1. The molecule has 34 heavy (non-hydrogen) atoms. The summed E-state index contributed by atoms with van der Waals surface area (Å²) >= 11 is 6.41. The van der Waals surface area contributed by atoms with Gasteiger partial charge in [-0.2, -0.15) is 5.26 Å². The summed E-state index contributed by atoms with van der Waals surface area (Å²) in [6.45, 7) is 6.39. The molecule has 0 radical (unpaired) electrons. The Kier molecular flexibility index (Phi) is 6.58. The number of nitriles is 1. The average molecular weight is 478 g/mol. The van der Waals surface area contributed by atoms with Crippen molar-refractivity contribution in [2.24, 2.45) is 5.41 Å². The van der Waals surface area contributed by atoms with Crippen LogP contribution in [0.25, 0.3) is 10.9 Å². The van der Waals surface area contributed by atoms with E-state index in [0.717, 1.165) is 31.1 Å². The summed E-state index contributed by atoms with van der Waals surface area (Å²) in [6.07, 6.45) is 5.32. The van der Waals surface area contributed by atoms with E-state index < -0.39 is 6.04 Å². The van der Waals surface area contributed by atoms with Gasteiger partial charge >= 0.3 is 0 Å². The quantitative estimate of drug-likeness (QED) is 0.471. The van der Waals surface area contributed by atoms with E-state index in [-0.39, 0.29) is 29.1 Å². The second-order valence-electron chi connectivity index (χ2n) is 9.61. The molecular weight excluding hydrogens is 450 g/mol. The molecule has 0 aliphatic heterocycles. The van der Waals surface area contributed by atoms with Crippen LogP contribution in [0.4, 0.5) is 11.6 Å². The van der Waals surface area contributed by atoms with Gasteiger partial charge in [-0.1, -0.05) is 37.6 Å². The molecule has 0 saturated heterocycles. The Morgan fingerprint density at radius 1 is 1.29 bits per heavy atom. The van der Waals surface area contributed by atoms with Crippen molar-refractivity contribution in [2.75, 3.05) is 11.1 Å². The lowest BCUT2D eigenvalue weighted by atomic mass is 9.75. The molecule has 3 aromatic rings. The molecule has 1 atom stereocenters. The fourth-order valence-electron chi connectivity index (χ4n) is 4.39. The highest BCUT2D eigenvalue weighted by Crippen LogP contribution is 2.35. The van der Waals surface area contributed by atoms with E-state index in [1.807, 2.05) is 31.2 Å². The Morgan fingerprint density at radius 2 is 2.03 bits per heavy atom. The monoisotopic (exact) mass is 477 g/mol. The highest BCUT2D eigenvalue weighted by Gasteiger charge is 2.29. The molecule has 0 unspecified atom stereocenters. The second-order valence-corrected chi connectivity index (χ2v) is 10.0. The molecular formula is C25H28ClN7O. The molecule has 1 aliphatic rings. The number of pyridine rings is 1. The summed E-state index contributed by atoms with van der Waals surface area (Å²) in [5.41, 5.74) is 7.85. The SMILES string of the molecule is C[C@H](Nc1ncnc(N)c1C#N)c1nc2c(Cl)cccc2cc1C(=O)NC1CCC(C)(C)CC1. The summed E-state index contributed by atoms with van der Waals surface area (Å²) in [6, 6.07) is 8.99. The number of nitrogen functional groups attached to an aromatic ring is 1. The van der Waals surface area contributed by atoms with E-state index >= 15 is 0 Å². The van der Waals surface area contributed by atoms with Crippen molar-refractivity contribution >= 4 is 40.0 Å². The standard InChI is InChI=1S/C25H28ClN7O/c1-14(31-23-18(12-27)22(28)29-13-30-23)20-17(11-15-5-4-6-19(26)21(15)33-20)24(34)32-16-7-9-25(2,3)10-8-16/h4-6,11,13-14,16H,7-10H2,1-3H3,(H,32,34)(H3,28,29,30,31)/t14-/m0/s1. The molecule has 4 N–H and O–H groups in total. The minimum Gasteiger partial charge on any atom is -0.382 e. The predicted octanol–water partition coefficient (Wildman–Crippen LogP) is 5.00. The van der Waals surface area contributed by atoms with Crippen molar-refractivity contribution in [1.82, 2.24) is 20.3 Å². The molecule has 1 aromatic carbocycles. The maximum atomic E-state index is 13.4.